The lowest BCUT2D eigenvalue weighted by atomic mass is 9.75. The summed E-state index contributed by atoms with van der Waals surface area (Å²) in [6, 6.07) is 5.63. The highest BCUT2D eigenvalue weighted by atomic mass is 35.5. The van der Waals surface area contributed by atoms with Crippen LogP contribution in [0.4, 0.5) is 0 Å². The fraction of sp³-hybridized carbons (Fsp3) is 0.500. The fourth-order valence-electron chi connectivity index (χ4n) is 5.24. The van der Waals surface area contributed by atoms with E-state index in [-0.39, 0.29) is 18.4 Å². The molecule has 1 aromatic heterocycles. The van der Waals surface area contributed by atoms with Gasteiger partial charge in [-0.1, -0.05) is 29.8 Å². The number of fused-ring (bicyclic) bond motifs is 1. The van der Waals surface area contributed by atoms with Gasteiger partial charge in [-0.15, -0.1) is 0 Å². The number of carbonyl (C=O) groups is 2. The van der Waals surface area contributed by atoms with Crippen molar-refractivity contribution < 1.29 is 19.8 Å². The number of benzene rings is 1. The van der Waals surface area contributed by atoms with Gasteiger partial charge < -0.3 is 10.2 Å². The average molecular weight is 469 g/mol. The van der Waals surface area contributed by atoms with Crippen LogP contribution >= 0.6 is 11.6 Å². The fourth-order valence-corrected chi connectivity index (χ4v) is 5.51. The van der Waals surface area contributed by atoms with Gasteiger partial charge in [0, 0.05) is 12.2 Å². The van der Waals surface area contributed by atoms with E-state index in [1.54, 1.807) is 13.0 Å². The van der Waals surface area contributed by atoms with Gasteiger partial charge in [-0.25, -0.2) is 0 Å². The highest BCUT2D eigenvalue weighted by Crippen LogP contribution is 2.44. The molecule has 0 spiro atoms. The van der Waals surface area contributed by atoms with E-state index in [1.807, 2.05) is 18.2 Å². The van der Waals surface area contributed by atoms with Gasteiger partial charge in [-0.2, -0.15) is 9.78 Å². The molecular formula is C26H29ClN2O4. The van der Waals surface area contributed by atoms with Crippen LogP contribution in [0.5, 0.6) is 0 Å². The number of aliphatic hydroxyl groups is 1. The minimum Gasteiger partial charge on any atom is -0.481 e. The summed E-state index contributed by atoms with van der Waals surface area (Å²) in [5, 5.41) is 24.6. The van der Waals surface area contributed by atoms with Crippen LogP contribution in [0.25, 0.3) is 5.57 Å². The van der Waals surface area contributed by atoms with Crippen molar-refractivity contribution in [1.82, 2.24) is 9.78 Å². The molecule has 6 nitrogen and oxygen atoms in total. The number of hydrogen-bond donors (Lipinski definition) is 2. The first-order valence-electron chi connectivity index (χ1n) is 11.8. The molecule has 3 aliphatic carbocycles. The SMILES string of the molecule is C[C@]1(C(=O)O)CC=C(c2nn(C(=O)c3c(Cl)cccc3C3CC3)c3c2CCC(CO)C3)CC1. The maximum atomic E-state index is 13.8. The number of carboxylic acids is 1. The molecule has 2 N–H and O–H groups in total. The van der Waals surface area contributed by atoms with Crippen LogP contribution in [0.2, 0.25) is 5.02 Å². The lowest BCUT2D eigenvalue weighted by Crippen LogP contribution is -2.29. The minimum atomic E-state index is -0.780. The number of aliphatic carboxylic acids is 1. The average Bonchev–Trinajstić information content (AvgIpc) is 3.59. The normalized spacial score (nSPS) is 24.8. The van der Waals surface area contributed by atoms with Gasteiger partial charge in [-0.3, -0.25) is 9.59 Å². The van der Waals surface area contributed by atoms with Gasteiger partial charge in [0.25, 0.3) is 5.91 Å². The second kappa shape index (κ2) is 8.41. The van der Waals surface area contributed by atoms with E-state index in [0.29, 0.717) is 42.2 Å². The summed E-state index contributed by atoms with van der Waals surface area (Å²) in [4.78, 5) is 25.5. The van der Waals surface area contributed by atoms with Crippen LogP contribution in [-0.4, -0.2) is 38.5 Å². The Hall–Kier alpha value is -2.44. The number of allylic oxidation sites excluding steroid dienone is 2. The first kappa shape index (κ1) is 22.4. The Bertz CT molecular complexity index is 1160. The van der Waals surface area contributed by atoms with E-state index < -0.39 is 11.4 Å². The number of carbonyl (C=O) groups excluding carboxylic acids is 1. The minimum absolute atomic E-state index is 0.0766. The molecule has 1 fully saturated rings. The summed E-state index contributed by atoms with van der Waals surface area (Å²) >= 11 is 6.53. The first-order chi connectivity index (χ1) is 15.8. The zero-order chi connectivity index (χ0) is 23.3. The Morgan fingerprint density at radius 2 is 2.03 bits per heavy atom. The number of nitrogens with zero attached hydrogens (tertiary/aromatic N) is 2. The van der Waals surface area contributed by atoms with Gasteiger partial charge in [0.2, 0.25) is 0 Å². The molecule has 0 amide bonds. The van der Waals surface area contributed by atoms with Crippen LogP contribution < -0.4 is 0 Å². The summed E-state index contributed by atoms with van der Waals surface area (Å²) < 4.78 is 1.52. The summed E-state index contributed by atoms with van der Waals surface area (Å²) in [5.41, 5.74) is 4.48. The molecule has 2 atom stereocenters. The van der Waals surface area contributed by atoms with E-state index in [0.717, 1.165) is 53.8 Å². The summed E-state index contributed by atoms with van der Waals surface area (Å²) in [6.45, 7) is 1.86. The summed E-state index contributed by atoms with van der Waals surface area (Å²) in [5.74, 6) is -0.528. The number of hydrogen-bond acceptors (Lipinski definition) is 4. The molecule has 7 heteroatoms. The van der Waals surface area contributed by atoms with Crippen molar-refractivity contribution in [1.29, 1.82) is 0 Å². The predicted octanol–water partition coefficient (Wildman–Crippen LogP) is 4.86. The Kier molecular flexibility index (Phi) is 5.69. The zero-order valence-electron chi connectivity index (χ0n) is 18.8. The van der Waals surface area contributed by atoms with Gasteiger partial charge in [0.1, 0.15) is 0 Å². The van der Waals surface area contributed by atoms with Crippen molar-refractivity contribution in [2.45, 2.75) is 64.2 Å². The Labute approximate surface area is 198 Å². The largest absolute Gasteiger partial charge is 0.481 e. The molecule has 0 radical (unpaired) electrons. The molecule has 174 valence electrons. The molecule has 0 bridgehead atoms. The summed E-state index contributed by atoms with van der Waals surface area (Å²) in [7, 11) is 0. The molecule has 1 aromatic carbocycles. The van der Waals surface area contributed by atoms with Gasteiger partial charge in [-0.05, 0) is 87.3 Å². The zero-order valence-corrected chi connectivity index (χ0v) is 19.6. The molecular weight excluding hydrogens is 440 g/mol. The maximum Gasteiger partial charge on any atom is 0.309 e. The van der Waals surface area contributed by atoms with E-state index in [1.165, 1.54) is 4.68 Å². The first-order valence-corrected chi connectivity index (χ1v) is 12.2. The molecule has 33 heavy (non-hydrogen) atoms. The second-order valence-corrected chi connectivity index (χ2v) is 10.5. The van der Waals surface area contributed by atoms with E-state index >= 15 is 0 Å². The third-order valence-electron chi connectivity index (χ3n) is 7.67. The Morgan fingerprint density at radius 3 is 2.67 bits per heavy atom. The van der Waals surface area contributed by atoms with Crippen molar-refractivity contribution in [2.75, 3.05) is 6.61 Å². The standard InChI is InChI=1S/C26H29ClN2O4/c1-26(25(32)33)11-9-17(10-12-26)23-19-8-5-15(14-30)13-21(19)29(28-23)24(31)22-18(16-6-7-16)3-2-4-20(22)27/h2-4,9,15-16,30H,5-8,10-14H2,1H3,(H,32,33)/t15?,26-/m0/s1. The van der Waals surface area contributed by atoms with E-state index in [4.69, 9.17) is 16.7 Å². The maximum absolute atomic E-state index is 13.8. The molecule has 1 unspecified atom stereocenters. The molecule has 5 rings (SSSR count). The molecule has 3 aliphatic rings. The number of aliphatic hydroxyl groups excluding tert-OH is 1. The second-order valence-electron chi connectivity index (χ2n) is 10.1. The molecule has 0 aliphatic heterocycles. The number of halogens is 1. The molecule has 0 saturated heterocycles. The van der Waals surface area contributed by atoms with Crippen LogP contribution in [-0.2, 0) is 17.6 Å². The monoisotopic (exact) mass is 468 g/mol. The van der Waals surface area contributed by atoms with Crippen LogP contribution in [0.1, 0.15) is 84.2 Å². The Balaban J connectivity index is 1.58. The number of rotatable bonds is 5. The molecule has 1 heterocycles. The van der Waals surface area contributed by atoms with Crippen LogP contribution in [0, 0.1) is 11.3 Å². The van der Waals surface area contributed by atoms with Crippen molar-refractivity contribution in [3.63, 3.8) is 0 Å². The van der Waals surface area contributed by atoms with E-state index in [2.05, 4.69) is 0 Å². The predicted molar refractivity (Wildman–Crippen MR) is 126 cm³/mol. The highest BCUT2D eigenvalue weighted by molar-refractivity contribution is 6.34. The lowest BCUT2D eigenvalue weighted by molar-refractivity contribution is -0.148. The van der Waals surface area contributed by atoms with Crippen molar-refractivity contribution >= 4 is 29.1 Å². The quantitative estimate of drug-likeness (QED) is 0.653. The van der Waals surface area contributed by atoms with Crippen LogP contribution in [0.15, 0.2) is 24.3 Å². The number of carboxylic acid groups (broad SMARTS) is 1. The smallest absolute Gasteiger partial charge is 0.309 e. The Morgan fingerprint density at radius 1 is 1.24 bits per heavy atom. The topological polar surface area (TPSA) is 92.4 Å². The van der Waals surface area contributed by atoms with Crippen LogP contribution in [0.3, 0.4) is 0 Å². The van der Waals surface area contributed by atoms with Crippen molar-refractivity contribution in [2.24, 2.45) is 11.3 Å². The number of aromatic nitrogens is 2. The summed E-state index contributed by atoms with van der Waals surface area (Å²) in [6.07, 6.45) is 7.89. The third kappa shape index (κ3) is 3.93. The molecule has 2 aromatic rings. The van der Waals surface area contributed by atoms with Gasteiger partial charge in [0.05, 0.1) is 27.4 Å². The third-order valence-corrected chi connectivity index (χ3v) is 7.98. The van der Waals surface area contributed by atoms with E-state index in [9.17, 15) is 19.8 Å². The van der Waals surface area contributed by atoms with Gasteiger partial charge in [0.15, 0.2) is 0 Å². The highest BCUT2D eigenvalue weighted by Gasteiger charge is 2.38. The van der Waals surface area contributed by atoms with Crippen molar-refractivity contribution in [3.05, 3.63) is 57.4 Å². The van der Waals surface area contributed by atoms with Crippen molar-refractivity contribution in [3.8, 4) is 0 Å². The molecule has 1 saturated carbocycles. The lowest BCUT2D eigenvalue weighted by Gasteiger charge is -2.28. The van der Waals surface area contributed by atoms with Gasteiger partial charge >= 0.3 is 5.97 Å².